The van der Waals surface area contributed by atoms with Gasteiger partial charge in [0, 0.05) is 6.04 Å². The summed E-state index contributed by atoms with van der Waals surface area (Å²) in [6.45, 7) is 3.99. The Labute approximate surface area is 64.3 Å². The molecule has 11 heavy (non-hydrogen) atoms. The molecule has 0 aliphatic rings. The van der Waals surface area contributed by atoms with Crippen molar-refractivity contribution in [3.63, 3.8) is 0 Å². The summed E-state index contributed by atoms with van der Waals surface area (Å²) >= 11 is 0. The van der Waals surface area contributed by atoms with Gasteiger partial charge in [-0.05, 0) is 13.8 Å². The average molecular weight is 154 g/mol. The van der Waals surface area contributed by atoms with Crippen LogP contribution < -0.4 is 0 Å². The summed E-state index contributed by atoms with van der Waals surface area (Å²) in [5.41, 5.74) is 0.557. The Kier molecular flexibility index (Phi) is 2.20. The lowest BCUT2D eigenvalue weighted by Gasteiger charge is -2.00. The number of hydrogen-bond donors (Lipinski definition) is 1. The molecule has 5 nitrogen and oxygen atoms in total. The lowest BCUT2D eigenvalue weighted by atomic mass is 10.4. The van der Waals surface area contributed by atoms with E-state index in [-0.39, 0.29) is 6.04 Å². The first-order chi connectivity index (χ1) is 5.24. The molecule has 0 radical (unpaired) electrons. The summed E-state index contributed by atoms with van der Waals surface area (Å²) in [5.74, 6) is 0. The van der Waals surface area contributed by atoms with Crippen LogP contribution in [-0.2, 0) is 0 Å². The highest BCUT2D eigenvalue weighted by Gasteiger charge is 2.00. The van der Waals surface area contributed by atoms with Crippen LogP contribution in [0.25, 0.3) is 0 Å². The van der Waals surface area contributed by atoms with E-state index >= 15 is 0 Å². The fourth-order valence-electron chi connectivity index (χ4n) is 0.661. The van der Waals surface area contributed by atoms with Crippen LogP contribution in [0.1, 0.15) is 25.6 Å². The van der Waals surface area contributed by atoms with Crippen LogP contribution in [0.15, 0.2) is 11.4 Å². The van der Waals surface area contributed by atoms with E-state index in [2.05, 4.69) is 15.5 Å². The molecule has 0 atom stereocenters. The van der Waals surface area contributed by atoms with Crippen molar-refractivity contribution in [1.29, 1.82) is 0 Å². The van der Waals surface area contributed by atoms with Gasteiger partial charge >= 0.3 is 0 Å². The highest BCUT2D eigenvalue weighted by Crippen LogP contribution is 2.00. The minimum absolute atomic E-state index is 0.281. The van der Waals surface area contributed by atoms with Crippen molar-refractivity contribution in [3.8, 4) is 0 Å². The van der Waals surface area contributed by atoms with Gasteiger partial charge in [0.15, 0.2) is 0 Å². The van der Waals surface area contributed by atoms with E-state index in [1.165, 1.54) is 6.21 Å². The molecule has 0 bridgehead atoms. The van der Waals surface area contributed by atoms with Crippen molar-refractivity contribution in [2.24, 2.45) is 5.16 Å². The Morgan fingerprint density at radius 2 is 2.45 bits per heavy atom. The quantitative estimate of drug-likeness (QED) is 0.387. The SMILES string of the molecule is CC(C)n1cc(/C=N/O)nn1. The number of nitrogens with zero attached hydrogens (tertiary/aromatic N) is 4. The minimum atomic E-state index is 0.281. The van der Waals surface area contributed by atoms with Gasteiger partial charge in [-0.15, -0.1) is 5.10 Å². The normalized spacial score (nSPS) is 11.5. The van der Waals surface area contributed by atoms with Crippen molar-refractivity contribution in [2.75, 3.05) is 0 Å². The largest absolute Gasteiger partial charge is 0.411 e. The lowest BCUT2D eigenvalue weighted by Crippen LogP contribution is -2.00. The zero-order chi connectivity index (χ0) is 8.27. The van der Waals surface area contributed by atoms with E-state index in [1.54, 1.807) is 10.9 Å². The van der Waals surface area contributed by atoms with E-state index in [4.69, 9.17) is 5.21 Å². The third-order valence-corrected chi connectivity index (χ3v) is 1.25. The molecular formula is C6H10N4O. The van der Waals surface area contributed by atoms with Gasteiger partial charge in [0.2, 0.25) is 0 Å². The summed E-state index contributed by atoms with van der Waals surface area (Å²) in [6, 6.07) is 0.281. The maximum absolute atomic E-state index is 8.16. The molecule has 1 N–H and O–H groups in total. The van der Waals surface area contributed by atoms with E-state index in [0.717, 1.165) is 0 Å². The van der Waals surface area contributed by atoms with Crippen molar-refractivity contribution >= 4 is 6.21 Å². The fourth-order valence-corrected chi connectivity index (χ4v) is 0.661. The Balaban J connectivity index is 2.81. The molecule has 1 heterocycles. The van der Waals surface area contributed by atoms with Crippen LogP contribution in [0, 0.1) is 0 Å². The maximum Gasteiger partial charge on any atom is 0.127 e. The average Bonchev–Trinajstić information content (AvgIpc) is 2.37. The molecule has 0 aliphatic carbocycles. The smallest absolute Gasteiger partial charge is 0.127 e. The summed E-state index contributed by atoms with van der Waals surface area (Å²) in [5, 5.41) is 18.5. The topological polar surface area (TPSA) is 63.3 Å². The second-order valence-corrected chi connectivity index (χ2v) is 2.46. The molecule has 1 rings (SSSR count). The highest BCUT2D eigenvalue weighted by molar-refractivity contribution is 5.75. The predicted octanol–water partition coefficient (Wildman–Crippen LogP) is 0.667. The van der Waals surface area contributed by atoms with Crippen molar-refractivity contribution < 1.29 is 5.21 Å². The molecule has 0 aromatic carbocycles. The molecule has 0 spiro atoms. The summed E-state index contributed by atoms with van der Waals surface area (Å²) in [6.07, 6.45) is 2.95. The maximum atomic E-state index is 8.16. The molecule has 1 aromatic heterocycles. The summed E-state index contributed by atoms with van der Waals surface area (Å²) in [7, 11) is 0. The molecule has 0 unspecified atom stereocenters. The van der Waals surface area contributed by atoms with Gasteiger partial charge in [0.1, 0.15) is 5.69 Å². The third kappa shape index (κ3) is 1.76. The molecule has 0 fully saturated rings. The van der Waals surface area contributed by atoms with Gasteiger partial charge in [0.25, 0.3) is 0 Å². The summed E-state index contributed by atoms with van der Waals surface area (Å²) < 4.78 is 1.69. The minimum Gasteiger partial charge on any atom is -0.411 e. The van der Waals surface area contributed by atoms with Crippen LogP contribution in [0.5, 0.6) is 0 Å². The zero-order valence-electron chi connectivity index (χ0n) is 6.47. The number of rotatable bonds is 2. The Hall–Kier alpha value is -1.39. The first-order valence-electron chi connectivity index (χ1n) is 3.33. The predicted molar refractivity (Wildman–Crippen MR) is 39.8 cm³/mol. The van der Waals surface area contributed by atoms with Crippen LogP contribution in [-0.4, -0.2) is 26.4 Å². The van der Waals surface area contributed by atoms with Gasteiger partial charge in [-0.25, -0.2) is 4.68 Å². The zero-order valence-corrected chi connectivity index (χ0v) is 6.47. The molecule has 0 saturated carbocycles. The lowest BCUT2D eigenvalue weighted by molar-refractivity contribution is 0.321. The van der Waals surface area contributed by atoms with Crippen LogP contribution in [0.4, 0.5) is 0 Å². The first kappa shape index (κ1) is 7.71. The van der Waals surface area contributed by atoms with Crippen molar-refractivity contribution in [1.82, 2.24) is 15.0 Å². The molecule has 0 amide bonds. The van der Waals surface area contributed by atoms with Gasteiger partial charge in [0.05, 0.1) is 12.4 Å². The second-order valence-electron chi connectivity index (χ2n) is 2.46. The van der Waals surface area contributed by atoms with Crippen molar-refractivity contribution in [2.45, 2.75) is 19.9 Å². The molecule has 1 aromatic rings. The van der Waals surface area contributed by atoms with E-state index < -0.39 is 0 Å². The summed E-state index contributed by atoms with van der Waals surface area (Å²) in [4.78, 5) is 0. The van der Waals surface area contributed by atoms with E-state index in [1.807, 2.05) is 13.8 Å². The number of aromatic nitrogens is 3. The van der Waals surface area contributed by atoms with E-state index in [0.29, 0.717) is 5.69 Å². The van der Waals surface area contributed by atoms with Gasteiger partial charge < -0.3 is 5.21 Å². The monoisotopic (exact) mass is 154 g/mol. The van der Waals surface area contributed by atoms with Crippen LogP contribution >= 0.6 is 0 Å². The number of oxime groups is 1. The highest BCUT2D eigenvalue weighted by atomic mass is 16.4. The van der Waals surface area contributed by atoms with Gasteiger partial charge in [-0.1, -0.05) is 10.4 Å². The Morgan fingerprint density at radius 1 is 1.73 bits per heavy atom. The molecular weight excluding hydrogens is 144 g/mol. The van der Waals surface area contributed by atoms with Gasteiger partial charge in [-0.3, -0.25) is 0 Å². The van der Waals surface area contributed by atoms with Crippen molar-refractivity contribution in [3.05, 3.63) is 11.9 Å². The molecule has 5 heteroatoms. The van der Waals surface area contributed by atoms with Gasteiger partial charge in [-0.2, -0.15) is 0 Å². The number of hydrogen-bond acceptors (Lipinski definition) is 4. The molecule has 60 valence electrons. The van der Waals surface area contributed by atoms with E-state index in [9.17, 15) is 0 Å². The molecule has 0 saturated heterocycles. The standard InChI is InChI=1S/C6H10N4O/c1-5(2)10-4-6(3-7-11)8-9-10/h3-5,11H,1-2H3/b7-3+. The van der Waals surface area contributed by atoms with Crippen LogP contribution in [0.3, 0.4) is 0 Å². The second kappa shape index (κ2) is 3.14. The first-order valence-corrected chi connectivity index (χ1v) is 3.33. The Bertz CT molecular complexity index is 253. The third-order valence-electron chi connectivity index (χ3n) is 1.25. The fraction of sp³-hybridized carbons (Fsp3) is 0.500. The molecule has 0 aliphatic heterocycles. The van der Waals surface area contributed by atoms with Crippen LogP contribution in [0.2, 0.25) is 0 Å². The Morgan fingerprint density at radius 3 is 2.91 bits per heavy atom.